The number of halogens is 2. The highest BCUT2D eigenvalue weighted by molar-refractivity contribution is 14.0. The molecule has 1 fully saturated rings. The number of piperazine rings is 1. The van der Waals surface area contributed by atoms with E-state index in [1.54, 1.807) is 16.2 Å². The molecule has 3 heterocycles. The first kappa shape index (κ1) is 21.7. The van der Waals surface area contributed by atoms with E-state index in [1.807, 2.05) is 20.8 Å². The number of aliphatic imine (C=N–C) groups is 1. The quantitative estimate of drug-likeness (QED) is 0.579. The van der Waals surface area contributed by atoms with Gasteiger partial charge in [-0.25, -0.2) is 4.79 Å². The molecule has 0 spiro atoms. The van der Waals surface area contributed by atoms with Crippen molar-refractivity contribution in [2.75, 3.05) is 32.7 Å². The molecule has 0 radical (unpaired) electrons. The van der Waals surface area contributed by atoms with Crippen LogP contribution in [0.15, 0.2) is 20.9 Å². The molecular weight excluding hydrogens is 531 g/mol. The number of carbonyl (C=O) groups excluding carboxylic acids is 1. The molecule has 146 valence electrons. The van der Waals surface area contributed by atoms with Gasteiger partial charge in [-0.3, -0.25) is 4.99 Å². The van der Waals surface area contributed by atoms with Gasteiger partial charge in [0.15, 0.2) is 5.96 Å². The smallest absolute Gasteiger partial charge is 0.410 e. The van der Waals surface area contributed by atoms with Crippen molar-refractivity contribution in [2.45, 2.75) is 38.8 Å². The lowest BCUT2D eigenvalue weighted by atomic mass is 10.2. The zero-order valence-electron chi connectivity index (χ0n) is 15.3. The van der Waals surface area contributed by atoms with Gasteiger partial charge in [0.1, 0.15) is 5.60 Å². The van der Waals surface area contributed by atoms with Crippen molar-refractivity contribution in [3.8, 4) is 0 Å². The fourth-order valence-electron chi connectivity index (χ4n) is 3.01. The first-order valence-electron chi connectivity index (χ1n) is 8.59. The zero-order chi connectivity index (χ0) is 18.0. The Morgan fingerprint density at radius 3 is 2.85 bits per heavy atom. The van der Waals surface area contributed by atoms with Gasteiger partial charge in [0.05, 0.1) is 16.4 Å². The summed E-state index contributed by atoms with van der Waals surface area (Å²) in [4.78, 5) is 22.3. The number of nitrogens with zero attached hydrogens (tertiary/aromatic N) is 3. The highest BCUT2D eigenvalue weighted by Gasteiger charge is 2.36. The Kier molecular flexibility index (Phi) is 7.61. The second-order valence-corrected chi connectivity index (χ2v) is 9.87. The Labute approximate surface area is 184 Å². The minimum atomic E-state index is -0.454. The SMILES string of the molecule is CC(C)(C)OC(=O)N1CCN2C(NCCc3ccc(Br)s3)=NCC2C1.I. The summed E-state index contributed by atoms with van der Waals surface area (Å²) >= 11 is 5.26. The van der Waals surface area contributed by atoms with Crippen molar-refractivity contribution in [3.63, 3.8) is 0 Å². The molecule has 1 aromatic heterocycles. The van der Waals surface area contributed by atoms with Crippen molar-refractivity contribution in [1.82, 2.24) is 15.1 Å². The number of guanidine groups is 1. The fraction of sp³-hybridized carbons (Fsp3) is 0.647. The van der Waals surface area contributed by atoms with Gasteiger partial charge in [-0.05, 0) is 55.3 Å². The third kappa shape index (κ3) is 5.72. The molecule has 1 saturated heterocycles. The molecule has 0 saturated carbocycles. The summed E-state index contributed by atoms with van der Waals surface area (Å²) in [6, 6.07) is 4.48. The average Bonchev–Trinajstić information content (AvgIpc) is 3.12. The highest BCUT2D eigenvalue weighted by Crippen LogP contribution is 2.22. The van der Waals surface area contributed by atoms with Gasteiger partial charge in [-0.2, -0.15) is 0 Å². The first-order valence-corrected chi connectivity index (χ1v) is 10.2. The summed E-state index contributed by atoms with van der Waals surface area (Å²) in [7, 11) is 0. The summed E-state index contributed by atoms with van der Waals surface area (Å²) < 4.78 is 6.65. The number of hydrogen-bond acceptors (Lipinski definition) is 6. The summed E-state index contributed by atoms with van der Waals surface area (Å²) in [5.74, 6) is 0.962. The molecule has 26 heavy (non-hydrogen) atoms. The van der Waals surface area contributed by atoms with Gasteiger partial charge in [0, 0.05) is 31.1 Å². The summed E-state index contributed by atoms with van der Waals surface area (Å²) in [6.45, 7) is 9.42. The standard InChI is InChI=1S/C17H25BrN4O2S.HI/c1-17(2,3)24-16(23)21-8-9-22-12(11-21)10-20-15(22)19-7-6-13-4-5-14(18)25-13;/h4-5,12H,6-11H2,1-3H3,(H,19,20);1H. The molecule has 1 atom stereocenters. The van der Waals surface area contributed by atoms with Crippen LogP contribution in [0.3, 0.4) is 0 Å². The molecule has 0 aromatic carbocycles. The van der Waals surface area contributed by atoms with Crippen LogP contribution in [-0.4, -0.2) is 66.2 Å². The molecule has 1 aromatic rings. The van der Waals surface area contributed by atoms with E-state index in [4.69, 9.17) is 4.74 Å². The van der Waals surface area contributed by atoms with E-state index in [-0.39, 0.29) is 36.1 Å². The van der Waals surface area contributed by atoms with Crippen LogP contribution in [0.1, 0.15) is 25.6 Å². The Morgan fingerprint density at radius 1 is 1.42 bits per heavy atom. The van der Waals surface area contributed by atoms with E-state index < -0.39 is 5.60 Å². The van der Waals surface area contributed by atoms with E-state index in [1.165, 1.54) is 8.66 Å². The number of thiophene rings is 1. The van der Waals surface area contributed by atoms with Crippen molar-refractivity contribution < 1.29 is 9.53 Å². The minimum Gasteiger partial charge on any atom is -0.444 e. The molecule has 1 amide bonds. The normalized spacial score (nSPS) is 19.5. The Balaban J connectivity index is 0.00000243. The van der Waals surface area contributed by atoms with Crippen LogP contribution in [0, 0.1) is 0 Å². The maximum atomic E-state index is 12.2. The molecular formula is C17H26BrIN4O2S. The van der Waals surface area contributed by atoms with Crippen LogP contribution >= 0.6 is 51.2 Å². The van der Waals surface area contributed by atoms with Crippen molar-refractivity contribution >= 4 is 63.3 Å². The van der Waals surface area contributed by atoms with Gasteiger partial charge in [-0.1, -0.05) is 0 Å². The molecule has 6 nitrogen and oxygen atoms in total. The number of hydrogen-bond donors (Lipinski definition) is 1. The summed E-state index contributed by atoms with van der Waals surface area (Å²) in [5, 5.41) is 3.45. The number of ether oxygens (including phenoxy) is 1. The molecule has 1 N–H and O–H groups in total. The lowest BCUT2D eigenvalue weighted by molar-refractivity contribution is 0.0137. The Morgan fingerprint density at radius 2 is 2.19 bits per heavy atom. The second-order valence-electron chi connectivity index (χ2n) is 7.32. The van der Waals surface area contributed by atoms with Gasteiger partial charge in [0.2, 0.25) is 0 Å². The predicted octanol–water partition coefficient (Wildman–Crippen LogP) is 3.55. The van der Waals surface area contributed by atoms with Crippen molar-refractivity contribution in [1.29, 1.82) is 0 Å². The third-order valence-electron chi connectivity index (χ3n) is 4.14. The van der Waals surface area contributed by atoms with Crippen LogP contribution in [0.2, 0.25) is 0 Å². The van der Waals surface area contributed by atoms with Crippen LogP contribution in [0.5, 0.6) is 0 Å². The summed E-state index contributed by atoms with van der Waals surface area (Å²) in [6.07, 6.45) is 0.759. The zero-order valence-corrected chi connectivity index (χ0v) is 20.1. The number of nitrogens with one attached hydrogen (secondary N) is 1. The van der Waals surface area contributed by atoms with Crippen molar-refractivity contribution in [2.24, 2.45) is 4.99 Å². The van der Waals surface area contributed by atoms with Crippen LogP contribution < -0.4 is 5.32 Å². The van der Waals surface area contributed by atoms with Gasteiger partial charge in [-0.15, -0.1) is 35.3 Å². The number of rotatable bonds is 3. The Bertz CT molecular complexity index is 661. The summed E-state index contributed by atoms with van der Waals surface area (Å²) in [5.41, 5.74) is -0.454. The van der Waals surface area contributed by atoms with E-state index >= 15 is 0 Å². The number of amides is 1. The molecule has 0 aliphatic carbocycles. The second kappa shape index (κ2) is 9.09. The van der Waals surface area contributed by atoms with Gasteiger partial charge >= 0.3 is 6.09 Å². The number of carbonyl (C=O) groups is 1. The lowest BCUT2D eigenvalue weighted by Crippen LogP contribution is -2.57. The topological polar surface area (TPSA) is 57.2 Å². The largest absolute Gasteiger partial charge is 0.444 e. The van der Waals surface area contributed by atoms with E-state index in [2.05, 4.69) is 43.3 Å². The van der Waals surface area contributed by atoms with Gasteiger partial charge < -0.3 is 19.9 Å². The fourth-order valence-corrected chi connectivity index (χ4v) is 4.49. The molecule has 2 aliphatic rings. The molecule has 1 unspecified atom stereocenters. The third-order valence-corrected chi connectivity index (χ3v) is 5.83. The minimum absolute atomic E-state index is 0. The van der Waals surface area contributed by atoms with E-state index in [0.717, 1.165) is 32.0 Å². The monoisotopic (exact) mass is 556 g/mol. The molecule has 2 aliphatic heterocycles. The molecule has 0 bridgehead atoms. The molecule has 9 heteroatoms. The maximum Gasteiger partial charge on any atom is 0.410 e. The predicted molar refractivity (Wildman–Crippen MR) is 120 cm³/mol. The maximum absolute atomic E-state index is 12.2. The van der Waals surface area contributed by atoms with E-state index in [0.29, 0.717) is 13.1 Å². The Hall–Kier alpha value is -0.550. The lowest BCUT2D eigenvalue weighted by Gasteiger charge is -2.39. The van der Waals surface area contributed by atoms with Crippen LogP contribution in [0.25, 0.3) is 0 Å². The highest BCUT2D eigenvalue weighted by atomic mass is 127. The van der Waals surface area contributed by atoms with E-state index in [9.17, 15) is 4.79 Å². The first-order chi connectivity index (χ1) is 11.8. The average molecular weight is 557 g/mol. The van der Waals surface area contributed by atoms with Gasteiger partial charge in [0.25, 0.3) is 0 Å². The van der Waals surface area contributed by atoms with Crippen LogP contribution in [-0.2, 0) is 11.2 Å². The number of fused-ring (bicyclic) bond motifs is 1. The van der Waals surface area contributed by atoms with Crippen molar-refractivity contribution in [3.05, 3.63) is 20.8 Å². The van der Waals surface area contributed by atoms with Crippen LogP contribution in [0.4, 0.5) is 4.79 Å². The molecule has 3 rings (SSSR count).